The van der Waals surface area contributed by atoms with Crippen molar-refractivity contribution in [2.24, 2.45) is 0 Å². The average Bonchev–Trinajstić information content (AvgIpc) is 3.42. The van der Waals surface area contributed by atoms with Gasteiger partial charge in [-0.3, -0.25) is 4.31 Å². The molecule has 5 rings (SSSR count). The number of rotatable bonds is 7. The highest BCUT2D eigenvalue weighted by Gasteiger charge is 2.28. The van der Waals surface area contributed by atoms with Crippen molar-refractivity contribution in [1.29, 1.82) is 0 Å². The predicted molar refractivity (Wildman–Crippen MR) is 129 cm³/mol. The van der Waals surface area contributed by atoms with E-state index in [4.69, 9.17) is 0 Å². The maximum atomic E-state index is 12.0. The summed E-state index contributed by atoms with van der Waals surface area (Å²) in [7, 11) is -3.50. The Hall–Kier alpha value is -3.70. The Morgan fingerprint density at radius 3 is 2.71 bits per heavy atom. The van der Waals surface area contributed by atoms with Gasteiger partial charge in [0, 0.05) is 11.9 Å². The Morgan fingerprint density at radius 2 is 1.97 bits per heavy atom. The molecule has 2 aromatic carbocycles. The topological polar surface area (TPSA) is 133 Å². The molecule has 0 saturated carbocycles. The van der Waals surface area contributed by atoms with E-state index in [9.17, 15) is 18.6 Å². The number of nitrogens with zero attached hydrogens (tertiary/aromatic N) is 5. The van der Waals surface area contributed by atoms with Gasteiger partial charge in [-0.2, -0.15) is 10.1 Å². The molecule has 0 spiro atoms. The van der Waals surface area contributed by atoms with Crippen molar-refractivity contribution in [2.45, 2.75) is 18.9 Å². The zero-order chi connectivity index (χ0) is 23.9. The molecular formula is C23H24N6O4S. The quantitative estimate of drug-likeness (QED) is 0.368. The maximum Gasteiger partial charge on any atom is 0.232 e. The second-order valence-corrected chi connectivity index (χ2v) is 10.1. The first-order valence-electron chi connectivity index (χ1n) is 10.8. The van der Waals surface area contributed by atoms with Crippen LogP contribution in [0.3, 0.4) is 0 Å². The second-order valence-electron chi connectivity index (χ2n) is 8.19. The first-order chi connectivity index (χ1) is 16.3. The lowest BCUT2D eigenvalue weighted by molar-refractivity contribution is 0.307. The van der Waals surface area contributed by atoms with Crippen molar-refractivity contribution in [3.05, 3.63) is 66.0 Å². The van der Waals surface area contributed by atoms with Crippen LogP contribution in [0.4, 0.5) is 17.3 Å². The summed E-state index contributed by atoms with van der Waals surface area (Å²) in [5.74, 6) is 0.691. The Morgan fingerprint density at radius 1 is 1.18 bits per heavy atom. The van der Waals surface area contributed by atoms with Gasteiger partial charge in [0.25, 0.3) is 0 Å². The van der Waals surface area contributed by atoms with E-state index in [-0.39, 0.29) is 19.2 Å². The van der Waals surface area contributed by atoms with E-state index in [0.29, 0.717) is 28.7 Å². The lowest BCUT2D eigenvalue weighted by atomic mass is 10.1. The van der Waals surface area contributed by atoms with Crippen LogP contribution in [0.25, 0.3) is 11.0 Å². The Bertz CT molecular complexity index is 1450. The first kappa shape index (κ1) is 22.1. The van der Waals surface area contributed by atoms with Crippen molar-refractivity contribution in [3.8, 4) is 5.75 Å². The van der Waals surface area contributed by atoms with Crippen molar-refractivity contribution in [2.75, 3.05) is 29.0 Å². The molecule has 1 atom stereocenters. The molecule has 3 N–H and O–H groups in total. The van der Waals surface area contributed by atoms with Crippen LogP contribution in [0, 0.1) is 0 Å². The van der Waals surface area contributed by atoms with E-state index in [1.807, 2.05) is 16.8 Å². The van der Waals surface area contributed by atoms with E-state index >= 15 is 0 Å². The number of nitrogens with one attached hydrogen (secondary N) is 1. The molecular weight excluding hydrogens is 456 g/mol. The van der Waals surface area contributed by atoms with Crippen LogP contribution in [0.2, 0.25) is 0 Å². The smallest absolute Gasteiger partial charge is 0.232 e. The zero-order valence-electron chi connectivity index (χ0n) is 18.5. The number of hydrogen-bond donors (Lipinski definition) is 3. The number of phenols is 1. The third-order valence-electron chi connectivity index (χ3n) is 5.96. The van der Waals surface area contributed by atoms with Crippen LogP contribution in [0.5, 0.6) is 5.75 Å². The fraction of sp³-hybridized carbons (Fsp3) is 0.261. The van der Waals surface area contributed by atoms with Gasteiger partial charge >= 0.3 is 0 Å². The molecule has 34 heavy (non-hydrogen) atoms. The standard InChI is InChI=1S/C23H24N6O4S/c1-34(32,33)28(11-12-30)17-7-5-16(6-8-17)26-23-24-13-15-14-25-29(22(15)27-23)20-10-9-19-18(20)3-2-4-21(19)31/h2-8,13-14,20,30-31H,9-12H2,1H3,(H,24,26,27). The van der Waals surface area contributed by atoms with Gasteiger partial charge < -0.3 is 15.5 Å². The van der Waals surface area contributed by atoms with E-state index in [1.54, 1.807) is 42.7 Å². The first-order valence-corrected chi connectivity index (χ1v) is 12.7. The summed E-state index contributed by atoms with van der Waals surface area (Å²) in [6, 6.07) is 12.3. The van der Waals surface area contributed by atoms with Crippen molar-refractivity contribution >= 4 is 38.4 Å². The molecule has 1 aliphatic carbocycles. The molecule has 0 aliphatic heterocycles. The van der Waals surface area contributed by atoms with E-state index in [2.05, 4.69) is 20.4 Å². The third kappa shape index (κ3) is 4.03. The minimum atomic E-state index is -3.50. The largest absolute Gasteiger partial charge is 0.508 e. The number of benzene rings is 2. The van der Waals surface area contributed by atoms with Crippen LogP contribution < -0.4 is 9.62 Å². The molecule has 0 radical (unpaired) electrons. The highest BCUT2D eigenvalue weighted by Crippen LogP contribution is 2.39. The highest BCUT2D eigenvalue weighted by atomic mass is 32.2. The monoisotopic (exact) mass is 480 g/mol. The number of hydrogen-bond acceptors (Lipinski definition) is 8. The van der Waals surface area contributed by atoms with Gasteiger partial charge in [-0.05, 0) is 54.3 Å². The second kappa shape index (κ2) is 8.58. The Kier molecular flexibility index (Phi) is 5.58. The van der Waals surface area contributed by atoms with E-state index in [0.717, 1.165) is 39.9 Å². The third-order valence-corrected chi connectivity index (χ3v) is 7.15. The predicted octanol–water partition coefficient (Wildman–Crippen LogP) is 2.57. The lowest BCUT2D eigenvalue weighted by Crippen LogP contribution is -2.32. The molecule has 1 unspecified atom stereocenters. The Balaban J connectivity index is 1.42. The van der Waals surface area contributed by atoms with E-state index in [1.165, 1.54) is 0 Å². The van der Waals surface area contributed by atoms with Gasteiger partial charge in [0.05, 0.1) is 42.7 Å². The van der Waals surface area contributed by atoms with Crippen molar-refractivity contribution in [1.82, 2.24) is 19.7 Å². The molecule has 0 amide bonds. The minimum Gasteiger partial charge on any atom is -0.508 e. The fourth-order valence-electron chi connectivity index (χ4n) is 4.41. The lowest BCUT2D eigenvalue weighted by Gasteiger charge is -2.21. The van der Waals surface area contributed by atoms with Gasteiger partial charge in [0.1, 0.15) is 5.75 Å². The molecule has 10 nitrogen and oxygen atoms in total. The number of aliphatic hydroxyl groups excluding tert-OH is 1. The zero-order valence-corrected chi connectivity index (χ0v) is 19.3. The summed E-state index contributed by atoms with van der Waals surface area (Å²) in [6.45, 7) is -0.295. The maximum absolute atomic E-state index is 12.0. The summed E-state index contributed by atoms with van der Waals surface area (Å²) >= 11 is 0. The molecule has 11 heteroatoms. The van der Waals surface area contributed by atoms with Gasteiger partial charge in [0.15, 0.2) is 5.65 Å². The molecule has 2 heterocycles. The van der Waals surface area contributed by atoms with Crippen molar-refractivity contribution in [3.63, 3.8) is 0 Å². The van der Waals surface area contributed by atoms with E-state index < -0.39 is 10.0 Å². The molecule has 0 bridgehead atoms. The van der Waals surface area contributed by atoms with Crippen LogP contribution in [-0.2, 0) is 16.4 Å². The van der Waals surface area contributed by atoms with Crippen molar-refractivity contribution < 1.29 is 18.6 Å². The number of anilines is 3. The van der Waals surface area contributed by atoms with Crippen LogP contribution >= 0.6 is 0 Å². The van der Waals surface area contributed by atoms with Gasteiger partial charge in [-0.25, -0.2) is 18.1 Å². The average molecular weight is 481 g/mol. The summed E-state index contributed by atoms with van der Waals surface area (Å²) in [6.07, 6.45) is 6.13. The summed E-state index contributed by atoms with van der Waals surface area (Å²) < 4.78 is 27.0. The summed E-state index contributed by atoms with van der Waals surface area (Å²) in [5.41, 5.74) is 3.82. The molecule has 4 aromatic rings. The number of phenolic OH excluding ortho intramolecular Hbond substituents is 1. The summed E-state index contributed by atoms with van der Waals surface area (Å²) in [5, 5.41) is 27.9. The van der Waals surface area contributed by atoms with Crippen LogP contribution in [-0.4, -0.2) is 57.8 Å². The molecule has 2 aromatic heterocycles. The van der Waals surface area contributed by atoms with Gasteiger partial charge in [0.2, 0.25) is 16.0 Å². The van der Waals surface area contributed by atoms with Crippen LogP contribution in [0.1, 0.15) is 23.6 Å². The number of aliphatic hydroxyl groups is 1. The molecule has 0 saturated heterocycles. The SMILES string of the molecule is CS(=O)(=O)N(CCO)c1ccc(Nc2ncc3cnn(C4CCc5c(O)cccc54)c3n2)cc1. The Labute approximate surface area is 196 Å². The molecule has 176 valence electrons. The van der Waals surface area contributed by atoms with Crippen LogP contribution in [0.15, 0.2) is 54.9 Å². The number of aromatic nitrogens is 4. The highest BCUT2D eigenvalue weighted by molar-refractivity contribution is 7.92. The fourth-order valence-corrected chi connectivity index (χ4v) is 5.33. The van der Waals surface area contributed by atoms with Gasteiger partial charge in [-0.15, -0.1) is 0 Å². The number of sulfonamides is 1. The number of fused-ring (bicyclic) bond motifs is 2. The number of aromatic hydroxyl groups is 1. The normalized spacial score (nSPS) is 15.4. The molecule has 1 aliphatic rings. The van der Waals surface area contributed by atoms with Gasteiger partial charge in [-0.1, -0.05) is 12.1 Å². The minimum absolute atomic E-state index is 0.0164. The summed E-state index contributed by atoms with van der Waals surface area (Å²) in [4.78, 5) is 9.04. The molecule has 0 fully saturated rings.